The van der Waals surface area contributed by atoms with Crippen molar-refractivity contribution in [2.24, 2.45) is 0 Å². The molecule has 1 aromatic heterocycles. The van der Waals surface area contributed by atoms with Crippen molar-refractivity contribution in [1.82, 2.24) is 14.9 Å². The standard InChI is InChI=1S/C13H20N4O/c1-2-14-12-10-15-11(9-16-12)13(18)17-7-5-3-4-6-8-17/h9-10H,2-8H2,1H3,(H,14,16). The molecule has 2 rings (SSSR count). The monoisotopic (exact) mass is 248 g/mol. The first kappa shape index (κ1) is 12.8. The van der Waals surface area contributed by atoms with Crippen LogP contribution in [0, 0.1) is 0 Å². The zero-order valence-electron chi connectivity index (χ0n) is 10.9. The normalized spacial score (nSPS) is 16.2. The summed E-state index contributed by atoms with van der Waals surface area (Å²) in [6.07, 6.45) is 7.80. The molecule has 1 aliphatic heterocycles. The van der Waals surface area contributed by atoms with Gasteiger partial charge in [-0.15, -0.1) is 0 Å². The van der Waals surface area contributed by atoms with Crippen LogP contribution in [0.15, 0.2) is 12.4 Å². The molecule has 1 aromatic rings. The Morgan fingerprint density at radius 2 is 1.94 bits per heavy atom. The zero-order valence-corrected chi connectivity index (χ0v) is 10.9. The van der Waals surface area contributed by atoms with Gasteiger partial charge in [0.25, 0.3) is 5.91 Å². The summed E-state index contributed by atoms with van der Waals surface area (Å²) in [6, 6.07) is 0. The lowest BCUT2D eigenvalue weighted by atomic mass is 10.2. The van der Waals surface area contributed by atoms with Crippen LogP contribution in [0.4, 0.5) is 5.82 Å². The van der Waals surface area contributed by atoms with E-state index in [0.29, 0.717) is 11.5 Å². The third-order valence-corrected chi connectivity index (χ3v) is 3.12. The number of likely N-dealkylation sites (tertiary alicyclic amines) is 1. The Labute approximate surface area is 108 Å². The first-order valence-electron chi connectivity index (χ1n) is 6.66. The summed E-state index contributed by atoms with van der Waals surface area (Å²) in [5.74, 6) is 0.720. The fourth-order valence-corrected chi connectivity index (χ4v) is 2.15. The van der Waals surface area contributed by atoms with E-state index in [1.807, 2.05) is 11.8 Å². The number of hydrogen-bond donors (Lipinski definition) is 1. The number of rotatable bonds is 3. The van der Waals surface area contributed by atoms with Gasteiger partial charge in [-0.2, -0.15) is 0 Å². The van der Waals surface area contributed by atoms with Gasteiger partial charge < -0.3 is 10.2 Å². The minimum atomic E-state index is 0.00690. The maximum atomic E-state index is 12.2. The van der Waals surface area contributed by atoms with Crippen molar-refractivity contribution >= 4 is 11.7 Å². The summed E-state index contributed by atoms with van der Waals surface area (Å²) in [4.78, 5) is 22.5. The van der Waals surface area contributed by atoms with E-state index >= 15 is 0 Å². The highest BCUT2D eigenvalue weighted by Gasteiger charge is 2.18. The van der Waals surface area contributed by atoms with Crippen molar-refractivity contribution < 1.29 is 4.79 Å². The van der Waals surface area contributed by atoms with Crippen molar-refractivity contribution in [1.29, 1.82) is 0 Å². The van der Waals surface area contributed by atoms with Gasteiger partial charge in [0.15, 0.2) is 0 Å². The second kappa shape index (κ2) is 6.33. The van der Waals surface area contributed by atoms with Crippen molar-refractivity contribution in [2.75, 3.05) is 25.0 Å². The van der Waals surface area contributed by atoms with Gasteiger partial charge in [0.05, 0.1) is 12.4 Å². The minimum Gasteiger partial charge on any atom is -0.369 e. The van der Waals surface area contributed by atoms with Gasteiger partial charge in [0.2, 0.25) is 0 Å². The largest absolute Gasteiger partial charge is 0.369 e. The average molecular weight is 248 g/mol. The van der Waals surface area contributed by atoms with Crippen LogP contribution in [0.25, 0.3) is 0 Å². The third kappa shape index (κ3) is 3.18. The van der Waals surface area contributed by atoms with Gasteiger partial charge in [-0.05, 0) is 19.8 Å². The van der Waals surface area contributed by atoms with Crippen molar-refractivity contribution in [3.8, 4) is 0 Å². The van der Waals surface area contributed by atoms with Crippen LogP contribution in [0.5, 0.6) is 0 Å². The van der Waals surface area contributed by atoms with Gasteiger partial charge in [0.1, 0.15) is 11.5 Å². The first-order valence-corrected chi connectivity index (χ1v) is 6.66. The van der Waals surface area contributed by atoms with Crippen molar-refractivity contribution in [3.05, 3.63) is 18.1 Å². The number of carbonyl (C=O) groups excluding carboxylic acids is 1. The predicted molar refractivity (Wildman–Crippen MR) is 70.6 cm³/mol. The molecular weight excluding hydrogens is 228 g/mol. The van der Waals surface area contributed by atoms with Crippen LogP contribution in [-0.2, 0) is 0 Å². The molecule has 0 atom stereocenters. The molecule has 0 spiro atoms. The highest BCUT2D eigenvalue weighted by molar-refractivity contribution is 5.92. The fourth-order valence-electron chi connectivity index (χ4n) is 2.15. The molecule has 2 heterocycles. The maximum absolute atomic E-state index is 12.2. The Kier molecular flexibility index (Phi) is 4.50. The van der Waals surface area contributed by atoms with Gasteiger partial charge in [0, 0.05) is 19.6 Å². The molecule has 0 saturated carbocycles. The molecule has 18 heavy (non-hydrogen) atoms. The molecular formula is C13H20N4O. The summed E-state index contributed by atoms with van der Waals surface area (Å²) in [5, 5.41) is 3.06. The first-order chi connectivity index (χ1) is 8.81. The number of nitrogens with zero attached hydrogens (tertiary/aromatic N) is 3. The van der Waals surface area contributed by atoms with E-state index < -0.39 is 0 Å². The molecule has 5 nitrogen and oxygen atoms in total. The van der Waals surface area contributed by atoms with E-state index in [1.54, 1.807) is 12.4 Å². The summed E-state index contributed by atoms with van der Waals surface area (Å²) in [6.45, 7) is 4.48. The molecule has 1 fully saturated rings. The molecule has 0 unspecified atom stereocenters. The number of nitrogens with one attached hydrogen (secondary N) is 1. The van der Waals surface area contributed by atoms with E-state index in [-0.39, 0.29) is 5.91 Å². The number of carbonyl (C=O) groups is 1. The van der Waals surface area contributed by atoms with Crippen molar-refractivity contribution in [2.45, 2.75) is 32.6 Å². The fraction of sp³-hybridized carbons (Fsp3) is 0.615. The van der Waals surface area contributed by atoms with Crippen molar-refractivity contribution in [3.63, 3.8) is 0 Å². The van der Waals surface area contributed by atoms with Gasteiger partial charge in [-0.25, -0.2) is 9.97 Å². The molecule has 98 valence electrons. The Hall–Kier alpha value is -1.65. The molecule has 1 aliphatic rings. The number of hydrogen-bond acceptors (Lipinski definition) is 4. The highest BCUT2D eigenvalue weighted by atomic mass is 16.2. The predicted octanol–water partition coefficient (Wildman–Crippen LogP) is 1.92. The Balaban J connectivity index is 2.02. The molecule has 5 heteroatoms. The van der Waals surface area contributed by atoms with E-state index in [2.05, 4.69) is 15.3 Å². The summed E-state index contributed by atoms with van der Waals surface area (Å²) in [7, 11) is 0. The maximum Gasteiger partial charge on any atom is 0.274 e. The van der Waals surface area contributed by atoms with E-state index in [9.17, 15) is 4.79 Å². The van der Waals surface area contributed by atoms with Crippen LogP contribution in [0.1, 0.15) is 43.1 Å². The molecule has 0 radical (unpaired) electrons. The summed E-state index contributed by atoms with van der Waals surface area (Å²) >= 11 is 0. The lowest BCUT2D eigenvalue weighted by Gasteiger charge is -2.19. The van der Waals surface area contributed by atoms with E-state index in [0.717, 1.165) is 32.5 Å². The molecule has 1 saturated heterocycles. The second-order valence-corrected chi connectivity index (χ2v) is 4.52. The molecule has 1 amide bonds. The van der Waals surface area contributed by atoms with Gasteiger partial charge in [-0.1, -0.05) is 12.8 Å². The lowest BCUT2D eigenvalue weighted by molar-refractivity contribution is 0.0755. The SMILES string of the molecule is CCNc1cnc(C(=O)N2CCCCCC2)cn1. The lowest BCUT2D eigenvalue weighted by Crippen LogP contribution is -2.32. The van der Waals surface area contributed by atoms with Gasteiger partial charge >= 0.3 is 0 Å². The Morgan fingerprint density at radius 3 is 2.50 bits per heavy atom. The van der Waals surface area contributed by atoms with Gasteiger partial charge in [-0.3, -0.25) is 4.79 Å². The van der Waals surface area contributed by atoms with Crippen LogP contribution >= 0.6 is 0 Å². The Bertz CT molecular complexity index is 382. The summed E-state index contributed by atoms with van der Waals surface area (Å²) in [5.41, 5.74) is 0.443. The molecule has 0 bridgehead atoms. The van der Waals surface area contributed by atoms with E-state index in [1.165, 1.54) is 12.8 Å². The molecule has 1 N–H and O–H groups in total. The average Bonchev–Trinajstić information content (AvgIpc) is 2.68. The number of aromatic nitrogens is 2. The van der Waals surface area contributed by atoms with Crippen LogP contribution in [0.2, 0.25) is 0 Å². The smallest absolute Gasteiger partial charge is 0.274 e. The number of amides is 1. The number of anilines is 1. The minimum absolute atomic E-state index is 0.00690. The summed E-state index contributed by atoms with van der Waals surface area (Å²) < 4.78 is 0. The quantitative estimate of drug-likeness (QED) is 0.888. The zero-order chi connectivity index (χ0) is 12.8. The molecule has 0 aliphatic carbocycles. The van der Waals surface area contributed by atoms with E-state index in [4.69, 9.17) is 0 Å². The van der Waals surface area contributed by atoms with Crippen LogP contribution < -0.4 is 5.32 Å². The second-order valence-electron chi connectivity index (χ2n) is 4.52. The molecule has 0 aromatic carbocycles. The third-order valence-electron chi connectivity index (χ3n) is 3.12. The topological polar surface area (TPSA) is 58.1 Å². The van der Waals surface area contributed by atoms with Crippen LogP contribution in [0.3, 0.4) is 0 Å². The highest BCUT2D eigenvalue weighted by Crippen LogP contribution is 2.12. The van der Waals surface area contributed by atoms with Crippen LogP contribution in [-0.4, -0.2) is 40.4 Å². The Morgan fingerprint density at radius 1 is 1.22 bits per heavy atom.